The lowest BCUT2D eigenvalue weighted by Crippen LogP contribution is -2.39. The molecule has 1 aromatic heterocycles. The quantitative estimate of drug-likeness (QED) is 0.885. The minimum Gasteiger partial charge on any atom is -0.313 e. The second-order valence-corrected chi connectivity index (χ2v) is 5.76. The number of nitrogens with one attached hydrogen (secondary N) is 1. The first kappa shape index (κ1) is 14.5. The van der Waals surface area contributed by atoms with Crippen molar-refractivity contribution in [1.29, 1.82) is 0 Å². The molecule has 2 rings (SSSR count). The first-order valence-corrected chi connectivity index (χ1v) is 7.52. The fraction of sp³-hybridized carbons (Fsp3) is 0.800. The van der Waals surface area contributed by atoms with Crippen molar-refractivity contribution in [3.8, 4) is 0 Å². The lowest BCUT2D eigenvalue weighted by Gasteiger charge is -2.30. The number of aryl methyl sites for hydroxylation is 2. The Labute approximate surface area is 117 Å². The van der Waals surface area contributed by atoms with Gasteiger partial charge in [-0.25, -0.2) is 0 Å². The van der Waals surface area contributed by atoms with Crippen molar-refractivity contribution in [2.24, 2.45) is 7.05 Å². The third kappa shape index (κ3) is 3.00. The molecule has 0 bridgehead atoms. The Morgan fingerprint density at radius 2 is 2.21 bits per heavy atom. The van der Waals surface area contributed by atoms with Crippen LogP contribution in [0.2, 0.25) is 0 Å². The molecule has 1 N–H and O–H groups in total. The summed E-state index contributed by atoms with van der Waals surface area (Å²) < 4.78 is 2.00. The van der Waals surface area contributed by atoms with E-state index in [4.69, 9.17) is 0 Å². The topological polar surface area (TPSA) is 33.1 Å². The molecule has 4 heteroatoms. The monoisotopic (exact) mass is 264 g/mol. The van der Waals surface area contributed by atoms with Gasteiger partial charge in [-0.3, -0.25) is 9.58 Å². The van der Waals surface area contributed by atoms with E-state index < -0.39 is 0 Å². The SMILES string of the molecule is CCN(CC1CCCN1)C(C)c1c(C)nn(C)c1C. The molecule has 1 saturated heterocycles. The highest BCUT2D eigenvalue weighted by atomic mass is 15.3. The molecule has 19 heavy (non-hydrogen) atoms. The normalized spacial score (nSPS) is 21.3. The van der Waals surface area contributed by atoms with Gasteiger partial charge in [-0.15, -0.1) is 0 Å². The highest BCUT2D eigenvalue weighted by molar-refractivity contribution is 5.27. The number of hydrogen-bond donors (Lipinski definition) is 1. The minimum absolute atomic E-state index is 0.445. The van der Waals surface area contributed by atoms with E-state index in [0.29, 0.717) is 12.1 Å². The van der Waals surface area contributed by atoms with Crippen molar-refractivity contribution >= 4 is 0 Å². The van der Waals surface area contributed by atoms with Gasteiger partial charge in [-0.05, 0) is 46.7 Å². The van der Waals surface area contributed by atoms with Gasteiger partial charge in [-0.2, -0.15) is 5.10 Å². The van der Waals surface area contributed by atoms with Crippen molar-refractivity contribution in [3.05, 3.63) is 17.0 Å². The fourth-order valence-electron chi connectivity index (χ4n) is 3.33. The summed E-state index contributed by atoms with van der Waals surface area (Å²) in [7, 11) is 2.04. The average molecular weight is 264 g/mol. The van der Waals surface area contributed by atoms with Crippen LogP contribution in [0.5, 0.6) is 0 Å². The van der Waals surface area contributed by atoms with Crippen LogP contribution in [0.3, 0.4) is 0 Å². The maximum atomic E-state index is 4.55. The molecule has 1 aliphatic rings. The number of hydrogen-bond acceptors (Lipinski definition) is 3. The third-order valence-corrected chi connectivity index (χ3v) is 4.55. The van der Waals surface area contributed by atoms with Crippen molar-refractivity contribution in [3.63, 3.8) is 0 Å². The minimum atomic E-state index is 0.445. The van der Waals surface area contributed by atoms with Crippen molar-refractivity contribution in [2.45, 2.75) is 52.6 Å². The van der Waals surface area contributed by atoms with Crippen molar-refractivity contribution < 1.29 is 0 Å². The Kier molecular flexibility index (Phi) is 4.63. The van der Waals surface area contributed by atoms with E-state index in [9.17, 15) is 0 Å². The van der Waals surface area contributed by atoms with Gasteiger partial charge in [0.2, 0.25) is 0 Å². The summed E-state index contributed by atoms with van der Waals surface area (Å²) in [6, 6.07) is 1.11. The highest BCUT2D eigenvalue weighted by Gasteiger charge is 2.24. The third-order valence-electron chi connectivity index (χ3n) is 4.55. The van der Waals surface area contributed by atoms with Gasteiger partial charge in [0.25, 0.3) is 0 Å². The second kappa shape index (κ2) is 6.06. The first-order valence-electron chi connectivity index (χ1n) is 7.52. The van der Waals surface area contributed by atoms with Crippen molar-refractivity contribution in [1.82, 2.24) is 20.0 Å². The van der Waals surface area contributed by atoms with Crippen LogP contribution in [0.15, 0.2) is 0 Å². The summed E-state index contributed by atoms with van der Waals surface area (Å²) in [5, 5.41) is 8.15. The van der Waals surface area contributed by atoms with Crippen LogP contribution in [0, 0.1) is 13.8 Å². The molecule has 0 spiro atoms. The van der Waals surface area contributed by atoms with Crippen LogP contribution >= 0.6 is 0 Å². The summed E-state index contributed by atoms with van der Waals surface area (Å²) in [4.78, 5) is 2.57. The van der Waals surface area contributed by atoms with E-state index in [-0.39, 0.29) is 0 Å². The van der Waals surface area contributed by atoms with Gasteiger partial charge in [0.05, 0.1) is 5.69 Å². The summed E-state index contributed by atoms with van der Waals surface area (Å²) in [6.45, 7) is 12.3. The van der Waals surface area contributed by atoms with E-state index in [0.717, 1.165) is 13.1 Å². The van der Waals surface area contributed by atoms with E-state index in [2.05, 4.69) is 43.0 Å². The second-order valence-electron chi connectivity index (χ2n) is 5.76. The maximum absolute atomic E-state index is 4.55. The van der Waals surface area contributed by atoms with E-state index in [1.54, 1.807) is 0 Å². The molecule has 0 amide bonds. The summed E-state index contributed by atoms with van der Waals surface area (Å²) in [5.74, 6) is 0. The highest BCUT2D eigenvalue weighted by Crippen LogP contribution is 2.26. The van der Waals surface area contributed by atoms with Crippen LogP contribution < -0.4 is 5.32 Å². The Morgan fingerprint density at radius 3 is 2.68 bits per heavy atom. The molecule has 0 aliphatic carbocycles. The summed E-state index contributed by atoms with van der Waals surface area (Å²) in [6.07, 6.45) is 2.63. The van der Waals surface area contributed by atoms with E-state index in [1.807, 2.05) is 11.7 Å². The maximum Gasteiger partial charge on any atom is 0.0644 e. The molecule has 4 nitrogen and oxygen atoms in total. The number of aromatic nitrogens is 2. The molecule has 2 heterocycles. The Bertz CT molecular complexity index is 418. The number of likely N-dealkylation sites (N-methyl/N-ethyl adjacent to an activating group) is 1. The van der Waals surface area contributed by atoms with Crippen LogP contribution in [-0.2, 0) is 7.05 Å². The number of rotatable bonds is 5. The van der Waals surface area contributed by atoms with Gasteiger partial charge < -0.3 is 5.32 Å². The van der Waals surface area contributed by atoms with Crippen LogP contribution in [0.4, 0.5) is 0 Å². The molecular formula is C15H28N4. The molecule has 2 atom stereocenters. The predicted octanol–water partition coefficient (Wildman–Crippen LogP) is 2.17. The van der Waals surface area contributed by atoms with Crippen LogP contribution in [0.1, 0.15) is 49.7 Å². The fourth-order valence-corrected chi connectivity index (χ4v) is 3.33. The van der Waals surface area contributed by atoms with Crippen molar-refractivity contribution in [2.75, 3.05) is 19.6 Å². The lowest BCUT2D eigenvalue weighted by atomic mass is 10.0. The van der Waals surface area contributed by atoms with E-state index in [1.165, 1.54) is 36.3 Å². The van der Waals surface area contributed by atoms with Gasteiger partial charge in [0, 0.05) is 36.9 Å². The first-order chi connectivity index (χ1) is 9.04. The molecule has 0 radical (unpaired) electrons. The average Bonchev–Trinajstić information content (AvgIpc) is 2.96. The Balaban J connectivity index is 2.12. The molecule has 1 aliphatic heterocycles. The van der Waals surface area contributed by atoms with Gasteiger partial charge in [0.1, 0.15) is 0 Å². The molecule has 0 saturated carbocycles. The Morgan fingerprint density at radius 1 is 1.47 bits per heavy atom. The molecule has 2 unspecified atom stereocenters. The van der Waals surface area contributed by atoms with Gasteiger partial charge in [-0.1, -0.05) is 6.92 Å². The molecule has 108 valence electrons. The zero-order valence-corrected chi connectivity index (χ0v) is 13.0. The smallest absolute Gasteiger partial charge is 0.0644 e. The summed E-state index contributed by atoms with van der Waals surface area (Å²) >= 11 is 0. The van der Waals surface area contributed by atoms with E-state index >= 15 is 0 Å². The zero-order chi connectivity index (χ0) is 14.0. The summed E-state index contributed by atoms with van der Waals surface area (Å²) in [5.41, 5.74) is 3.87. The zero-order valence-electron chi connectivity index (χ0n) is 13.0. The number of nitrogens with zero attached hydrogens (tertiary/aromatic N) is 3. The van der Waals surface area contributed by atoms with Crippen LogP contribution in [-0.4, -0.2) is 40.4 Å². The Hall–Kier alpha value is -0.870. The standard InChI is InChI=1S/C15H28N4/c1-6-19(10-14-8-7-9-16-14)13(4)15-11(2)17-18(5)12(15)3/h13-14,16H,6-10H2,1-5H3. The van der Waals surface area contributed by atoms with Crippen LogP contribution in [0.25, 0.3) is 0 Å². The predicted molar refractivity (Wildman–Crippen MR) is 79.4 cm³/mol. The largest absolute Gasteiger partial charge is 0.313 e. The molecule has 1 fully saturated rings. The van der Waals surface area contributed by atoms with Gasteiger partial charge >= 0.3 is 0 Å². The molecule has 0 aromatic carbocycles. The molecular weight excluding hydrogens is 236 g/mol. The molecule has 1 aromatic rings. The lowest BCUT2D eigenvalue weighted by molar-refractivity contribution is 0.201. The van der Waals surface area contributed by atoms with Gasteiger partial charge in [0.15, 0.2) is 0 Å².